The lowest BCUT2D eigenvalue weighted by Crippen LogP contribution is -2.27. The molecule has 2 rings (SSSR count). The molecule has 0 N–H and O–H groups in total. The first-order chi connectivity index (χ1) is 7.29. The van der Waals surface area contributed by atoms with E-state index in [1.165, 1.54) is 12.1 Å². The molecule has 15 heavy (non-hydrogen) atoms. The number of likely N-dealkylation sites (tertiary alicyclic amines) is 1. The average molecular weight is 204 g/mol. The van der Waals surface area contributed by atoms with Crippen molar-refractivity contribution in [2.75, 3.05) is 6.54 Å². The quantitative estimate of drug-likeness (QED) is 0.739. The molecule has 0 saturated carbocycles. The fourth-order valence-corrected chi connectivity index (χ4v) is 2.03. The molecule has 0 aliphatic carbocycles. The Labute approximate surface area is 88.9 Å². The molecule has 0 spiro atoms. The summed E-state index contributed by atoms with van der Waals surface area (Å²) in [6.07, 6.45) is 2.00. The molecule has 1 fully saturated rings. The first-order valence-corrected chi connectivity index (χ1v) is 5.18. The van der Waals surface area contributed by atoms with E-state index in [-0.39, 0.29) is 11.9 Å². The molecule has 2 nitrogen and oxygen atoms in total. The molecule has 1 unspecified atom stereocenters. The van der Waals surface area contributed by atoms with Crippen molar-refractivity contribution in [3.63, 3.8) is 0 Å². The summed E-state index contributed by atoms with van der Waals surface area (Å²) in [4.78, 5) is 2.11. The Bertz CT molecular complexity index is 383. The monoisotopic (exact) mass is 204 g/mol. The van der Waals surface area contributed by atoms with Gasteiger partial charge in [-0.1, -0.05) is 12.1 Å². The van der Waals surface area contributed by atoms with Gasteiger partial charge >= 0.3 is 0 Å². The highest BCUT2D eigenvalue weighted by atomic mass is 19.1. The molecule has 1 aliphatic heterocycles. The molecular formula is C12H13FN2. The van der Waals surface area contributed by atoms with Crippen LogP contribution in [-0.2, 0) is 6.54 Å². The molecule has 0 bridgehead atoms. The summed E-state index contributed by atoms with van der Waals surface area (Å²) in [6.45, 7) is 1.62. The third-order valence-electron chi connectivity index (χ3n) is 2.79. The lowest BCUT2D eigenvalue weighted by atomic mass is 10.2. The van der Waals surface area contributed by atoms with Crippen LogP contribution in [0.2, 0.25) is 0 Å². The van der Waals surface area contributed by atoms with Gasteiger partial charge in [0.2, 0.25) is 0 Å². The van der Waals surface area contributed by atoms with Crippen molar-refractivity contribution in [3.8, 4) is 6.07 Å². The molecular weight excluding hydrogens is 191 g/mol. The van der Waals surface area contributed by atoms with Gasteiger partial charge in [0.1, 0.15) is 5.82 Å². The van der Waals surface area contributed by atoms with E-state index in [0.717, 1.165) is 24.9 Å². The van der Waals surface area contributed by atoms with E-state index in [1.807, 2.05) is 6.07 Å². The number of rotatable bonds is 2. The van der Waals surface area contributed by atoms with Crippen LogP contribution in [0.3, 0.4) is 0 Å². The Balaban J connectivity index is 2.06. The number of halogens is 1. The lowest BCUT2D eigenvalue weighted by molar-refractivity contribution is 0.286. The lowest BCUT2D eigenvalue weighted by Gasteiger charge is -2.18. The summed E-state index contributed by atoms with van der Waals surface area (Å²) in [5, 5.41) is 8.90. The minimum Gasteiger partial charge on any atom is -0.284 e. The second-order valence-electron chi connectivity index (χ2n) is 3.89. The standard InChI is InChI=1S/C12H13FN2/c13-11-4-1-3-10(7-11)9-15-6-2-5-12(15)8-14/h1,3-4,7,12H,2,5-6,9H2. The van der Waals surface area contributed by atoms with Gasteiger partial charge in [0.25, 0.3) is 0 Å². The first kappa shape index (κ1) is 10.1. The van der Waals surface area contributed by atoms with Crippen LogP contribution < -0.4 is 0 Å². The number of hydrogen-bond donors (Lipinski definition) is 0. The van der Waals surface area contributed by atoms with Gasteiger partial charge in [0, 0.05) is 6.54 Å². The van der Waals surface area contributed by atoms with E-state index >= 15 is 0 Å². The van der Waals surface area contributed by atoms with Crippen LogP contribution in [0.15, 0.2) is 24.3 Å². The third kappa shape index (κ3) is 2.34. The van der Waals surface area contributed by atoms with Gasteiger partial charge in [-0.05, 0) is 37.1 Å². The van der Waals surface area contributed by atoms with Gasteiger partial charge in [0.05, 0.1) is 12.1 Å². The Morgan fingerprint density at radius 2 is 2.40 bits per heavy atom. The van der Waals surface area contributed by atoms with E-state index in [9.17, 15) is 4.39 Å². The highest BCUT2D eigenvalue weighted by Crippen LogP contribution is 2.19. The molecule has 0 radical (unpaired) electrons. The average Bonchev–Trinajstić information content (AvgIpc) is 2.65. The van der Waals surface area contributed by atoms with E-state index in [4.69, 9.17) is 5.26 Å². The molecule has 78 valence electrons. The molecule has 1 saturated heterocycles. The van der Waals surface area contributed by atoms with Crippen molar-refractivity contribution >= 4 is 0 Å². The molecule has 1 aliphatic rings. The normalized spacial score (nSPS) is 21.5. The maximum absolute atomic E-state index is 12.9. The fourth-order valence-electron chi connectivity index (χ4n) is 2.03. The Morgan fingerprint density at radius 3 is 3.13 bits per heavy atom. The van der Waals surface area contributed by atoms with Gasteiger partial charge in [0.15, 0.2) is 0 Å². The smallest absolute Gasteiger partial charge is 0.123 e. The van der Waals surface area contributed by atoms with Crippen LogP contribution in [0.5, 0.6) is 0 Å². The van der Waals surface area contributed by atoms with Gasteiger partial charge in [-0.3, -0.25) is 4.90 Å². The zero-order valence-electron chi connectivity index (χ0n) is 8.49. The van der Waals surface area contributed by atoms with Crippen molar-refractivity contribution in [1.82, 2.24) is 4.90 Å². The minimum absolute atomic E-state index is 0.00765. The Kier molecular flexibility index (Phi) is 2.98. The van der Waals surface area contributed by atoms with Crippen LogP contribution >= 0.6 is 0 Å². The van der Waals surface area contributed by atoms with Crippen LogP contribution in [0.1, 0.15) is 18.4 Å². The molecule has 1 atom stereocenters. The molecule has 3 heteroatoms. The summed E-state index contributed by atoms with van der Waals surface area (Å²) in [7, 11) is 0. The van der Waals surface area contributed by atoms with Gasteiger partial charge in [-0.2, -0.15) is 5.26 Å². The van der Waals surface area contributed by atoms with E-state index in [2.05, 4.69) is 11.0 Å². The highest BCUT2D eigenvalue weighted by Gasteiger charge is 2.23. The predicted octanol–water partition coefficient (Wildman–Crippen LogP) is 2.31. The SMILES string of the molecule is N#CC1CCCN1Cc1cccc(F)c1. The topological polar surface area (TPSA) is 27.0 Å². The maximum atomic E-state index is 12.9. The number of hydrogen-bond acceptors (Lipinski definition) is 2. The number of benzene rings is 1. The molecule has 0 aromatic heterocycles. The number of nitrogens with zero attached hydrogens (tertiary/aromatic N) is 2. The molecule has 1 heterocycles. The summed E-state index contributed by atoms with van der Waals surface area (Å²) in [6, 6.07) is 8.87. The zero-order valence-corrected chi connectivity index (χ0v) is 8.49. The fraction of sp³-hybridized carbons (Fsp3) is 0.417. The minimum atomic E-state index is -0.208. The van der Waals surface area contributed by atoms with E-state index in [1.54, 1.807) is 6.07 Å². The van der Waals surface area contributed by atoms with Crippen molar-refractivity contribution in [3.05, 3.63) is 35.6 Å². The van der Waals surface area contributed by atoms with Gasteiger partial charge in [-0.15, -0.1) is 0 Å². The second-order valence-corrected chi connectivity index (χ2v) is 3.89. The summed E-state index contributed by atoms with van der Waals surface area (Å²) in [5.41, 5.74) is 0.942. The van der Waals surface area contributed by atoms with Crippen LogP contribution in [0.4, 0.5) is 4.39 Å². The van der Waals surface area contributed by atoms with Crippen LogP contribution in [0.25, 0.3) is 0 Å². The summed E-state index contributed by atoms with van der Waals surface area (Å²) < 4.78 is 12.9. The Morgan fingerprint density at radius 1 is 1.53 bits per heavy atom. The van der Waals surface area contributed by atoms with E-state index in [0.29, 0.717) is 6.54 Å². The predicted molar refractivity (Wildman–Crippen MR) is 55.4 cm³/mol. The van der Waals surface area contributed by atoms with Gasteiger partial charge < -0.3 is 0 Å². The summed E-state index contributed by atoms with van der Waals surface area (Å²) in [5.74, 6) is -0.208. The first-order valence-electron chi connectivity index (χ1n) is 5.18. The second kappa shape index (κ2) is 4.41. The van der Waals surface area contributed by atoms with E-state index < -0.39 is 0 Å². The molecule has 1 aromatic rings. The molecule has 0 amide bonds. The third-order valence-corrected chi connectivity index (χ3v) is 2.79. The van der Waals surface area contributed by atoms with Crippen LogP contribution in [-0.4, -0.2) is 17.5 Å². The Hall–Kier alpha value is -1.40. The van der Waals surface area contributed by atoms with Crippen molar-refractivity contribution in [2.45, 2.75) is 25.4 Å². The van der Waals surface area contributed by atoms with Crippen molar-refractivity contribution < 1.29 is 4.39 Å². The van der Waals surface area contributed by atoms with Gasteiger partial charge in [-0.25, -0.2) is 4.39 Å². The largest absolute Gasteiger partial charge is 0.284 e. The summed E-state index contributed by atoms with van der Waals surface area (Å²) >= 11 is 0. The molecule has 1 aromatic carbocycles. The van der Waals surface area contributed by atoms with Crippen molar-refractivity contribution in [2.24, 2.45) is 0 Å². The van der Waals surface area contributed by atoms with Crippen molar-refractivity contribution in [1.29, 1.82) is 5.26 Å². The number of nitriles is 1. The zero-order chi connectivity index (χ0) is 10.7. The highest BCUT2D eigenvalue weighted by molar-refractivity contribution is 5.17. The maximum Gasteiger partial charge on any atom is 0.123 e. The van der Waals surface area contributed by atoms with Crippen LogP contribution in [0, 0.1) is 17.1 Å².